The molecule has 8 aromatic rings. The van der Waals surface area contributed by atoms with E-state index in [9.17, 15) is 0 Å². The lowest BCUT2D eigenvalue weighted by atomic mass is 9.60. The van der Waals surface area contributed by atoms with Crippen LogP contribution in [0.25, 0.3) is 76.8 Å². The number of fused-ring (bicyclic) bond motifs is 3. The molecule has 0 fully saturated rings. The fraction of sp³-hybridized carbons (Fsp3) is 0. The largest absolute Gasteiger partial charge is 0.115 e. The molecule has 7 heteroatoms. The lowest BCUT2D eigenvalue weighted by Crippen LogP contribution is -2.48. The Kier molecular flexibility index (Phi) is 7.76. The molecule has 0 heterocycles. The van der Waals surface area contributed by atoms with Crippen molar-refractivity contribution in [2.24, 2.45) is 0 Å². The standard InChI is InChI=1S/C42H21B7/c43-36-31(25-12-5-2-6-13-25)37(44)38(45)33-29(24-10-3-1-4-11-24)34-35(40(47)42(49)41(48)39(34)46)30(32(33)36)26-18-15-23(16-19-26)28-20-17-22-9-7-8-14-27(22)21-28/h1-21H. The van der Waals surface area contributed by atoms with Crippen LogP contribution in [0.5, 0.6) is 0 Å². The molecule has 49 heavy (non-hydrogen) atoms. The van der Waals surface area contributed by atoms with E-state index in [1.807, 2.05) is 72.8 Å². The first-order valence-electron chi connectivity index (χ1n) is 16.0. The molecule has 0 saturated heterocycles. The minimum atomic E-state index is 0.208. The summed E-state index contributed by atoms with van der Waals surface area (Å²) in [5.41, 5.74) is 9.08. The summed E-state index contributed by atoms with van der Waals surface area (Å²) in [6.45, 7) is 0. The zero-order chi connectivity index (χ0) is 34.0. The summed E-state index contributed by atoms with van der Waals surface area (Å²) in [5, 5.41) is 5.00. The summed E-state index contributed by atoms with van der Waals surface area (Å²) in [5.74, 6) is 0. The first kappa shape index (κ1) is 31.3. The average Bonchev–Trinajstić information content (AvgIpc) is 3.15. The van der Waals surface area contributed by atoms with E-state index in [1.54, 1.807) is 0 Å². The molecule has 0 amide bonds. The molecule has 0 atom stereocenters. The molecule has 8 rings (SSSR count). The maximum Gasteiger partial charge on any atom is 0.115 e. The highest BCUT2D eigenvalue weighted by molar-refractivity contribution is 6.69. The predicted octanol–water partition coefficient (Wildman–Crippen LogP) is 3.37. The first-order valence-corrected chi connectivity index (χ1v) is 16.0. The second-order valence-electron chi connectivity index (χ2n) is 12.4. The molecule has 0 nitrogen and oxygen atoms in total. The predicted molar refractivity (Wildman–Crippen MR) is 218 cm³/mol. The molecule has 0 spiro atoms. The maximum atomic E-state index is 7.26. The monoisotopic (exact) mass is 602 g/mol. The van der Waals surface area contributed by atoms with E-state index in [0.29, 0.717) is 54.4 Å². The molecule has 0 aromatic heterocycles. The molecule has 0 N–H and O–H groups in total. The van der Waals surface area contributed by atoms with Gasteiger partial charge in [-0.25, -0.2) is 0 Å². The molecular weight excluding hydrogens is 580 g/mol. The molecule has 14 radical (unpaired) electrons. The summed E-state index contributed by atoms with van der Waals surface area (Å²) in [4.78, 5) is 0. The van der Waals surface area contributed by atoms with Gasteiger partial charge >= 0.3 is 0 Å². The topological polar surface area (TPSA) is 0 Å². The number of hydrogen-bond acceptors (Lipinski definition) is 0. The van der Waals surface area contributed by atoms with Crippen molar-refractivity contribution in [2.45, 2.75) is 0 Å². The highest BCUT2D eigenvalue weighted by Crippen LogP contribution is 2.42. The quantitative estimate of drug-likeness (QED) is 0.215. The van der Waals surface area contributed by atoms with E-state index in [1.165, 1.54) is 10.8 Å². The number of rotatable bonds is 4. The van der Waals surface area contributed by atoms with Crippen molar-refractivity contribution in [1.82, 2.24) is 0 Å². The van der Waals surface area contributed by atoms with E-state index in [4.69, 9.17) is 54.9 Å². The lowest BCUT2D eigenvalue weighted by Gasteiger charge is -2.29. The fourth-order valence-electron chi connectivity index (χ4n) is 7.22. The molecule has 0 aliphatic carbocycles. The zero-order valence-corrected chi connectivity index (χ0v) is 26.7. The van der Waals surface area contributed by atoms with Crippen molar-refractivity contribution < 1.29 is 0 Å². The van der Waals surface area contributed by atoms with Gasteiger partial charge in [-0.1, -0.05) is 149 Å². The van der Waals surface area contributed by atoms with Crippen molar-refractivity contribution >= 4 is 125 Å². The Hall–Kier alpha value is -5.01. The molecular formula is C42H21B7. The molecule has 8 aromatic carbocycles. The maximum absolute atomic E-state index is 7.26. The Balaban J connectivity index is 1.54. The van der Waals surface area contributed by atoms with Crippen LogP contribution in [0.2, 0.25) is 0 Å². The summed E-state index contributed by atoms with van der Waals surface area (Å²) in [6.07, 6.45) is 0. The third-order valence-electron chi connectivity index (χ3n) is 9.66. The van der Waals surface area contributed by atoms with Crippen LogP contribution in [-0.2, 0) is 0 Å². The van der Waals surface area contributed by atoms with Crippen LogP contribution >= 0.6 is 0 Å². The van der Waals surface area contributed by atoms with E-state index in [0.717, 1.165) is 38.9 Å². The van der Waals surface area contributed by atoms with Crippen molar-refractivity contribution in [2.75, 3.05) is 0 Å². The van der Waals surface area contributed by atoms with Gasteiger partial charge in [-0.05, 0) is 82.9 Å². The number of hydrogen-bond donors (Lipinski definition) is 0. The summed E-state index contributed by atoms with van der Waals surface area (Å²) >= 11 is 0. The van der Waals surface area contributed by atoms with Gasteiger partial charge in [0.05, 0.1) is 0 Å². The molecule has 0 saturated carbocycles. The van der Waals surface area contributed by atoms with Crippen LogP contribution in [0.3, 0.4) is 0 Å². The lowest BCUT2D eigenvalue weighted by molar-refractivity contribution is 1.63. The summed E-state index contributed by atoms with van der Waals surface area (Å²) in [6, 6.07) is 42.7. The normalized spacial score (nSPS) is 11.4. The van der Waals surface area contributed by atoms with Crippen molar-refractivity contribution in [3.8, 4) is 44.5 Å². The van der Waals surface area contributed by atoms with Gasteiger partial charge < -0.3 is 0 Å². The van der Waals surface area contributed by atoms with E-state index in [-0.39, 0.29) is 10.9 Å². The minimum Gasteiger partial charge on any atom is -0.110 e. The van der Waals surface area contributed by atoms with Crippen LogP contribution in [0, 0.1) is 0 Å². The smallest absolute Gasteiger partial charge is 0.110 e. The van der Waals surface area contributed by atoms with Gasteiger partial charge in [-0.15, -0.1) is 10.9 Å². The van der Waals surface area contributed by atoms with E-state index < -0.39 is 0 Å². The fourth-order valence-corrected chi connectivity index (χ4v) is 7.22. The van der Waals surface area contributed by atoms with Crippen LogP contribution in [0.4, 0.5) is 0 Å². The van der Waals surface area contributed by atoms with Gasteiger partial charge in [-0.2, -0.15) is 0 Å². The Morgan fingerprint density at radius 2 is 0.633 bits per heavy atom. The molecule has 0 bridgehead atoms. The third kappa shape index (κ3) is 4.94. The SMILES string of the molecule is [B]c1c([B])c([B])c2c(-c3ccc(-c4ccc5ccccc5c4)cc3)c3c([B])c(-c4ccccc4)c([B])c([B])c3c(-c3ccccc3)c2c1[B]. The van der Waals surface area contributed by atoms with Gasteiger partial charge in [-0.3, -0.25) is 0 Å². The second kappa shape index (κ2) is 12.2. The van der Waals surface area contributed by atoms with Crippen LogP contribution in [0.1, 0.15) is 0 Å². The van der Waals surface area contributed by atoms with Gasteiger partial charge in [0.15, 0.2) is 0 Å². The minimum absolute atomic E-state index is 0.208. The summed E-state index contributed by atoms with van der Waals surface area (Å²) < 4.78 is 0. The number of benzene rings is 8. The Morgan fingerprint density at radius 1 is 0.245 bits per heavy atom. The van der Waals surface area contributed by atoms with Gasteiger partial charge in [0.25, 0.3) is 0 Å². The van der Waals surface area contributed by atoms with Gasteiger partial charge in [0.1, 0.15) is 54.9 Å². The molecule has 0 unspecified atom stereocenters. The molecule has 210 valence electrons. The van der Waals surface area contributed by atoms with Crippen molar-refractivity contribution in [3.63, 3.8) is 0 Å². The van der Waals surface area contributed by atoms with E-state index in [2.05, 4.69) is 54.6 Å². The highest BCUT2D eigenvalue weighted by Gasteiger charge is 2.25. The Bertz CT molecular complexity index is 2600. The van der Waals surface area contributed by atoms with Crippen LogP contribution in [0.15, 0.2) is 127 Å². The van der Waals surface area contributed by atoms with Crippen LogP contribution in [-0.4, -0.2) is 54.9 Å². The van der Waals surface area contributed by atoms with Gasteiger partial charge in [0, 0.05) is 0 Å². The average molecular weight is 601 g/mol. The Morgan fingerprint density at radius 3 is 1.18 bits per heavy atom. The first-order chi connectivity index (χ1) is 23.8. The highest BCUT2D eigenvalue weighted by atomic mass is 14.3. The van der Waals surface area contributed by atoms with Crippen molar-refractivity contribution in [1.29, 1.82) is 0 Å². The Labute approximate surface area is 296 Å². The summed E-state index contributed by atoms with van der Waals surface area (Å²) in [7, 11) is 48.2. The second-order valence-corrected chi connectivity index (χ2v) is 12.4. The van der Waals surface area contributed by atoms with Crippen LogP contribution < -0.4 is 38.2 Å². The van der Waals surface area contributed by atoms with Crippen molar-refractivity contribution in [3.05, 3.63) is 127 Å². The van der Waals surface area contributed by atoms with E-state index >= 15 is 0 Å². The van der Waals surface area contributed by atoms with Gasteiger partial charge in [0.2, 0.25) is 0 Å². The zero-order valence-electron chi connectivity index (χ0n) is 26.7. The third-order valence-corrected chi connectivity index (χ3v) is 9.66. The molecule has 0 aliphatic heterocycles. The molecule has 0 aliphatic rings.